The molecular weight excluding hydrogens is 210 g/mol. The zero-order valence-corrected chi connectivity index (χ0v) is 10.7. The number of esters is 1. The number of carbonyl (C=O) groups excluding carboxylic acids is 1. The predicted molar refractivity (Wildman–Crippen MR) is 64.1 cm³/mol. The first-order valence-electron chi connectivity index (χ1n) is 5.47. The van der Waals surface area contributed by atoms with E-state index in [-0.39, 0.29) is 17.4 Å². The summed E-state index contributed by atoms with van der Waals surface area (Å²) < 4.78 is 5.24. The minimum atomic E-state index is -0.0938. The molecule has 0 aromatic carbocycles. The van der Waals surface area contributed by atoms with Crippen LogP contribution in [0, 0.1) is 5.41 Å². The Kier molecular flexibility index (Phi) is 4.93. The van der Waals surface area contributed by atoms with Crippen LogP contribution in [0.2, 0.25) is 0 Å². The second kappa shape index (κ2) is 5.75. The Labute approximate surface area is 96.3 Å². The summed E-state index contributed by atoms with van der Waals surface area (Å²) in [5, 5.41) is 3.17. The molecule has 0 aliphatic carbocycles. The van der Waals surface area contributed by atoms with Gasteiger partial charge in [0.1, 0.15) is 6.04 Å². The lowest BCUT2D eigenvalue weighted by Crippen LogP contribution is -2.44. The summed E-state index contributed by atoms with van der Waals surface area (Å²) >= 11 is 1.81. The van der Waals surface area contributed by atoms with Gasteiger partial charge in [0.2, 0.25) is 0 Å². The van der Waals surface area contributed by atoms with Gasteiger partial charge in [-0.05, 0) is 11.8 Å². The Bertz CT molecular complexity index is 207. The zero-order valence-electron chi connectivity index (χ0n) is 9.84. The van der Waals surface area contributed by atoms with Crippen molar-refractivity contribution in [2.75, 3.05) is 24.7 Å². The van der Waals surface area contributed by atoms with E-state index in [1.807, 2.05) is 11.8 Å². The summed E-state index contributed by atoms with van der Waals surface area (Å²) in [6.45, 7) is 7.88. The Morgan fingerprint density at radius 1 is 1.53 bits per heavy atom. The van der Waals surface area contributed by atoms with Crippen LogP contribution in [-0.2, 0) is 9.53 Å². The molecule has 1 N–H and O–H groups in total. The van der Waals surface area contributed by atoms with Crippen molar-refractivity contribution < 1.29 is 9.53 Å². The first-order valence-corrected chi connectivity index (χ1v) is 6.62. The highest BCUT2D eigenvalue weighted by molar-refractivity contribution is 7.99. The molecule has 1 aliphatic heterocycles. The molecule has 0 radical (unpaired) electrons. The molecule has 1 atom stereocenters. The Balaban J connectivity index is 2.17. The predicted octanol–water partition coefficient (Wildman–Crippen LogP) is 1.67. The SMILES string of the molecule is CC(C)(C)CCOC(=O)C1CSCCN1. The first kappa shape index (κ1) is 12.8. The van der Waals surface area contributed by atoms with Crippen molar-refractivity contribution in [3.8, 4) is 0 Å². The molecule has 1 aliphatic rings. The summed E-state index contributed by atoms with van der Waals surface area (Å²) in [7, 11) is 0. The third kappa shape index (κ3) is 5.42. The van der Waals surface area contributed by atoms with E-state index in [1.54, 1.807) is 0 Å². The minimum Gasteiger partial charge on any atom is -0.464 e. The third-order valence-corrected chi connectivity index (χ3v) is 3.36. The number of nitrogens with one attached hydrogen (secondary N) is 1. The Morgan fingerprint density at radius 3 is 2.80 bits per heavy atom. The number of carbonyl (C=O) groups is 1. The van der Waals surface area contributed by atoms with Gasteiger partial charge in [-0.2, -0.15) is 11.8 Å². The number of hydrogen-bond acceptors (Lipinski definition) is 4. The largest absolute Gasteiger partial charge is 0.464 e. The Hall–Kier alpha value is -0.220. The van der Waals surface area contributed by atoms with E-state index in [4.69, 9.17) is 4.74 Å². The second-order valence-corrected chi connectivity index (χ2v) is 6.21. The molecule has 0 aromatic heterocycles. The molecule has 0 saturated carbocycles. The van der Waals surface area contributed by atoms with Gasteiger partial charge in [-0.15, -0.1) is 0 Å². The highest BCUT2D eigenvalue weighted by atomic mass is 32.2. The summed E-state index contributed by atoms with van der Waals surface area (Å²) in [5.74, 6) is 1.84. The van der Waals surface area contributed by atoms with Crippen molar-refractivity contribution >= 4 is 17.7 Å². The highest BCUT2D eigenvalue weighted by Gasteiger charge is 2.22. The van der Waals surface area contributed by atoms with E-state index in [1.165, 1.54) is 0 Å². The van der Waals surface area contributed by atoms with Crippen LogP contribution in [0.4, 0.5) is 0 Å². The molecule has 3 nitrogen and oxygen atoms in total. The maximum Gasteiger partial charge on any atom is 0.323 e. The smallest absolute Gasteiger partial charge is 0.323 e. The standard InChI is InChI=1S/C11H21NO2S/c1-11(2,3)4-6-14-10(13)9-8-15-7-5-12-9/h9,12H,4-8H2,1-3H3. The number of ether oxygens (including phenoxy) is 1. The fourth-order valence-electron chi connectivity index (χ4n) is 1.28. The normalized spacial score (nSPS) is 22.5. The van der Waals surface area contributed by atoms with Crippen molar-refractivity contribution in [1.82, 2.24) is 5.32 Å². The molecule has 1 rings (SSSR count). The third-order valence-electron chi connectivity index (χ3n) is 2.30. The molecule has 1 fully saturated rings. The summed E-state index contributed by atoms with van der Waals surface area (Å²) in [5.41, 5.74) is 0.231. The molecule has 0 amide bonds. The monoisotopic (exact) mass is 231 g/mol. The van der Waals surface area contributed by atoms with Crippen LogP contribution in [0.5, 0.6) is 0 Å². The quantitative estimate of drug-likeness (QED) is 0.750. The lowest BCUT2D eigenvalue weighted by molar-refractivity contribution is -0.146. The van der Waals surface area contributed by atoms with Gasteiger partial charge in [-0.3, -0.25) is 4.79 Å². The van der Waals surface area contributed by atoms with Crippen molar-refractivity contribution in [2.45, 2.75) is 33.2 Å². The molecule has 1 heterocycles. The highest BCUT2D eigenvalue weighted by Crippen LogP contribution is 2.18. The summed E-state index contributed by atoms with van der Waals surface area (Å²) in [4.78, 5) is 11.6. The van der Waals surface area contributed by atoms with Gasteiger partial charge in [0.25, 0.3) is 0 Å². The molecule has 0 spiro atoms. The van der Waals surface area contributed by atoms with Crippen LogP contribution in [-0.4, -0.2) is 36.7 Å². The average molecular weight is 231 g/mol. The van der Waals surface area contributed by atoms with Crippen LogP contribution in [0.15, 0.2) is 0 Å². The van der Waals surface area contributed by atoms with Gasteiger partial charge < -0.3 is 10.1 Å². The van der Waals surface area contributed by atoms with Crippen LogP contribution >= 0.6 is 11.8 Å². The van der Waals surface area contributed by atoms with E-state index < -0.39 is 0 Å². The van der Waals surface area contributed by atoms with E-state index in [2.05, 4.69) is 26.1 Å². The molecule has 1 unspecified atom stereocenters. The van der Waals surface area contributed by atoms with Gasteiger partial charge in [0.15, 0.2) is 0 Å². The minimum absolute atomic E-state index is 0.0912. The Morgan fingerprint density at radius 2 is 2.27 bits per heavy atom. The molecule has 0 bridgehead atoms. The molecular formula is C11H21NO2S. The lowest BCUT2D eigenvalue weighted by Gasteiger charge is -2.23. The molecule has 4 heteroatoms. The van der Waals surface area contributed by atoms with Gasteiger partial charge in [0, 0.05) is 18.1 Å². The van der Waals surface area contributed by atoms with Crippen molar-refractivity contribution in [3.05, 3.63) is 0 Å². The van der Waals surface area contributed by atoms with Gasteiger partial charge >= 0.3 is 5.97 Å². The average Bonchev–Trinajstić information content (AvgIpc) is 2.17. The maximum absolute atomic E-state index is 11.6. The summed E-state index contributed by atoms with van der Waals surface area (Å²) in [6.07, 6.45) is 0.915. The van der Waals surface area contributed by atoms with Gasteiger partial charge in [0.05, 0.1) is 6.61 Å². The van der Waals surface area contributed by atoms with E-state index in [0.29, 0.717) is 6.61 Å². The van der Waals surface area contributed by atoms with Crippen LogP contribution in [0.25, 0.3) is 0 Å². The van der Waals surface area contributed by atoms with Crippen LogP contribution < -0.4 is 5.32 Å². The molecule has 15 heavy (non-hydrogen) atoms. The van der Waals surface area contributed by atoms with Crippen molar-refractivity contribution in [3.63, 3.8) is 0 Å². The lowest BCUT2D eigenvalue weighted by atomic mass is 9.93. The fourth-order valence-corrected chi connectivity index (χ4v) is 2.19. The maximum atomic E-state index is 11.6. The van der Waals surface area contributed by atoms with Crippen molar-refractivity contribution in [2.24, 2.45) is 5.41 Å². The van der Waals surface area contributed by atoms with E-state index in [9.17, 15) is 4.79 Å². The summed E-state index contributed by atoms with van der Waals surface area (Å²) in [6, 6.07) is -0.0938. The number of hydrogen-bond donors (Lipinski definition) is 1. The molecule has 0 aromatic rings. The van der Waals surface area contributed by atoms with Gasteiger partial charge in [-0.25, -0.2) is 0 Å². The molecule has 88 valence electrons. The molecule has 1 saturated heterocycles. The van der Waals surface area contributed by atoms with Crippen LogP contribution in [0.3, 0.4) is 0 Å². The van der Waals surface area contributed by atoms with E-state index >= 15 is 0 Å². The topological polar surface area (TPSA) is 38.3 Å². The second-order valence-electron chi connectivity index (χ2n) is 5.06. The number of thioether (sulfide) groups is 1. The van der Waals surface area contributed by atoms with Gasteiger partial charge in [-0.1, -0.05) is 20.8 Å². The fraction of sp³-hybridized carbons (Fsp3) is 0.909. The number of rotatable bonds is 3. The van der Waals surface area contributed by atoms with E-state index in [0.717, 1.165) is 24.5 Å². The van der Waals surface area contributed by atoms with Crippen molar-refractivity contribution in [1.29, 1.82) is 0 Å². The first-order chi connectivity index (χ1) is 6.99. The van der Waals surface area contributed by atoms with Crippen LogP contribution in [0.1, 0.15) is 27.2 Å². The zero-order chi connectivity index (χ0) is 11.3.